The number of hydrogen-bond acceptors (Lipinski definition) is 4. The molecule has 0 radical (unpaired) electrons. The van der Waals surface area contributed by atoms with Gasteiger partial charge in [0.15, 0.2) is 0 Å². The van der Waals surface area contributed by atoms with E-state index in [1.165, 1.54) is 12.1 Å². The van der Waals surface area contributed by atoms with Crippen LogP contribution in [0, 0.1) is 5.82 Å². The van der Waals surface area contributed by atoms with Crippen molar-refractivity contribution in [2.75, 3.05) is 13.1 Å². The number of rotatable bonds is 4. The van der Waals surface area contributed by atoms with Gasteiger partial charge in [-0.15, -0.1) is 0 Å². The monoisotopic (exact) mass is 373 g/mol. The van der Waals surface area contributed by atoms with Crippen molar-refractivity contribution >= 4 is 17.1 Å². The predicted molar refractivity (Wildman–Crippen MR) is 95.7 cm³/mol. The van der Waals surface area contributed by atoms with Crippen LogP contribution in [-0.2, 0) is 6.42 Å². The number of amides is 2. The van der Waals surface area contributed by atoms with Gasteiger partial charge in [-0.05, 0) is 37.5 Å². The van der Waals surface area contributed by atoms with Gasteiger partial charge in [0.2, 0.25) is 0 Å². The molecule has 1 saturated heterocycles. The van der Waals surface area contributed by atoms with Crippen LogP contribution in [0.15, 0.2) is 23.0 Å². The number of hydrogen-bond donors (Lipinski definition) is 4. The molecule has 2 aromatic heterocycles. The SMILES string of the molecule is O=C(NCCc1n[nH]c(=O)[nH]1)N1CCCCC1c1nc2ccc(F)cc2[nH]1. The Kier molecular flexibility index (Phi) is 4.61. The Bertz CT molecular complexity index is 1010. The highest BCUT2D eigenvalue weighted by atomic mass is 19.1. The number of carbonyl (C=O) groups excluding carboxylic acids is 1. The maximum atomic E-state index is 13.4. The molecule has 27 heavy (non-hydrogen) atoms. The number of H-pyrrole nitrogens is 3. The number of piperidine rings is 1. The summed E-state index contributed by atoms with van der Waals surface area (Å²) in [4.78, 5) is 35.7. The molecule has 10 heteroatoms. The van der Waals surface area contributed by atoms with E-state index in [0.717, 1.165) is 19.3 Å². The largest absolute Gasteiger partial charge is 0.340 e. The molecular formula is C17H20FN7O2. The highest BCUT2D eigenvalue weighted by Gasteiger charge is 2.30. The van der Waals surface area contributed by atoms with E-state index in [9.17, 15) is 14.0 Å². The fourth-order valence-electron chi connectivity index (χ4n) is 3.43. The van der Waals surface area contributed by atoms with Gasteiger partial charge in [-0.2, -0.15) is 5.10 Å². The molecule has 142 valence electrons. The van der Waals surface area contributed by atoms with Gasteiger partial charge >= 0.3 is 11.7 Å². The summed E-state index contributed by atoms with van der Waals surface area (Å²) in [6.45, 7) is 0.981. The van der Waals surface area contributed by atoms with Crippen LogP contribution in [0.25, 0.3) is 11.0 Å². The number of aromatic nitrogens is 5. The molecule has 3 aromatic rings. The van der Waals surface area contributed by atoms with Crippen LogP contribution in [0.3, 0.4) is 0 Å². The van der Waals surface area contributed by atoms with Crippen LogP contribution in [0.4, 0.5) is 9.18 Å². The number of urea groups is 1. The van der Waals surface area contributed by atoms with Gasteiger partial charge < -0.3 is 15.2 Å². The van der Waals surface area contributed by atoms with Crippen molar-refractivity contribution in [3.63, 3.8) is 0 Å². The molecule has 0 aliphatic carbocycles. The molecule has 2 amide bonds. The molecule has 1 fully saturated rings. The molecular weight excluding hydrogens is 353 g/mol. The van der Waals surface area contributed by atoms with Crippen molar-refractivity contribution in [1.29, 1.82) is 0 Å². The molecule has 1 unspecified atom stereocenters. The summed E-state index contributed by atoms with van der Waals surface area (Å²) in [6.07, 6.45) is 3.13. The lowest BCUT2D eigenvalue weighted by Gasteiger charge is -2.34. The van der Waals surface area contributed by atoms with E-state index < -0.39 is 0 Å². The average Bonchev–Trinajstić information content (AvgIpc) is 3.27. The predicted octanol–water partition coefficient (Wildman–Crippen LogP) is 1.59. The van der Waals surface area contributed by atoms with Crippen LogP contribution in [0.2, 0.25) is 0 Å². The van der Waals surface area contributed by atoms with E-state index >= 15 is 0 Å². The smallest absolute Gasteiger partial charge is 0.340 e. The zero-order valence-electron chi connectivity index (χ0n) is 14.6. The van der Waals surface area contributed by atoms with Gasteiger partial charge in [0.05, 0.1) is 17.1 Å². The summed E-state index contributed by atoms with van der Waals surface area (Å²) >= 11 is 0. The topological polar surface area (TPSA) is 123 Å². The molecule has 3 heterocycles. The summed E-state index contributed by atoms with van der Waals surface area (Å²) in [7, 11) is 0. The molecule has 0 saturated carbocycles. The van der Waals surface area contributed by atoms with Crippen molar-refractivity contribution in [1.82, 2.24) is 35.4 Å². The molecule has 9 nitrogen and oxygen atoms in total. The second-order valence-electron chi connectivity index (χ2n) is 6.59. The Morgan fingerprint density at radius 2 is 2.22 bits per heavy atom. The molecule has 4 N–H and O–H groups in total. The van der Waals surface area contributed by atoms with E-state index in [1.807, 2.05) is 0 Å². The fraction of sp³-hybridized carbons (Fsp3) is 0.412. The van der Waals surface area contributed by atoms with Gasteiger partial charge in [-0.25, -0.2) is 24.1 Å². The zero-order valence-corrected chi connectivity index (χ0v) is 14.6. The first-order chi connectivity index (χ1) is 13.1. The Balaban J connectivity index is 1.45. The number of likely N-dealkylation sites (tertiary alicyclic amines) is 1. The van der Waals surface area contributed by atoms with Crippen LogP contribution < -0.4 is 11.0 Å². The Morgan fingerprint density at radius 3 is 3.04 bits per heavy atom. The molecule has 1 aromatic carbocycles. The van der Waals surface area contributed by atoms with Crippen LogP contribution in [-0.4, -0.2) is 49.2 Å². The summed E-state index contributed by atoms with van der Waals surface area (Å²) in [5, 5.41) is 8.97. The van der Waals surface area contributed by atoms with Gasteiger partial charge in [0.25, 0.3) is 0 Å². The number of nitrogens with one attached hydrogen (secondary N) is 4. The lowest BCUT2D eigenvalue weighted by atomic mass is 10.0. The number of nitrogens with zero attached hydrogens (tertiary/aromatic N) is 3. The fourth-order valence-corrected chi connectivity index (χ4v) is 3.43. The second-order valence-corrected chi connectivity index (χ2v) is 6.59. The third kappa shape index (κ3) is 3.69. The lowest BCUT2D eigenvalue weighted by Crippen LogP contribution is -2.45. The minimum Gasteiger partial charge on any atom is -0.340 e. The Hall–Kier alpha value is -3.17. The van der Waals surface area contributed by atoms with E-state index in [-0.39, 0.29) is 23.6 Å². The highest BCUT2D eigenvalue weighted by molar-refractivity contribution is 5.76. The first-order valence-corrected chi connectivity index (χ1v) is 8.93. The summed E-state index contributed by atoms with van der Waals surface area (Å²) in [5.41, 5.74) is 0.937. The summed E-state index contributed by atoms with van der Waals surface area (Å²) in [6, 6.07) is 4.04. The number of halogens is 1. The lowest BCUT2D eigenvalue weighted by molar-refractivity contribution is 0.148. The number of imidazole rings is 1. The normalized spacial score (nSPS) is 17.4. The first-order valence-electron chi connectivity index (χ1n) is 8.93. The number of aromatic amines is 3. The van der Waals surface area contributed by atoms with Crippen molar-refractivity contribution in [3.8, 4) is 0 Å². The maximum absolute atomic E-state index is 13.4. The van der Waals surface area contributed by atoms with Gasteiger partial charge in [0.1, 0.15) is 17.5 Å². The Labute approximate surface area is 153 Å². The highest BCUT2D eigenvalue weighted by Crippen LogP contribution is 2.30. The Morgan fingerprint density at radius 1 is 1.33 bits per heavy atom. The zero-order chi connectivity index (χ0) is 18.8. The van der Waals surface area contributed by atoms with E-state index in [0.29, 0.717) is 42.2 Å². The van der Waals surface area contributed by atoms with Crippen LogP contribution in [0.1, 0.15) is 37.0 Å². The third-order valence-corrected chi connectivity index (χ3v) is 4.73. The molecule has 0 spiro atoms. The molecule has 1 aliphatic rings. The quantitative estimate of drug-likeness (QED) is 0.555. The summed E-state index contributed by atoms with van der Waals surface area (Å²) in [5.74, 6) is 0.837. The second kappa shape index (κ2) is 7.22. The molecule has 0 bridgehead atoms. The maximum Gasteiger partial charge on any atom is 0.340 e. The van der Waals surface area contributed by atoms with Crippen LogP contribution in [0.5, 0.6) is 0 Å². The minimum absolute atomic E-state index is 0.181. The van der Waals surface area contributed by atoms with E-state index in [1.54, 1.807) is 11.0 Å². The molecule has 1 aliphatic heterocycles. The minimum atomic E-state index is -0.367. The number of carbonyl (C=O) groups is 1. The number of benzene rings is 1. The van der Waals surface area contributed by atoms with Crippen molar-refractivity contribution in [2.24, 2.45) is 0 Å². The van der Waals surface area contributed by atoms with Gasteiger partial charge in [0, 0.05) is 19.5 Å². The van der Waals surface area contributed by atoms with Crippen LogP contribution >= 0.6 is 0 Å². The van der Waals surface area contributed by atoms with Crippen molar-refractivity contribution < 1.29 is 9.18 Å². The molecule has 4 rings (SSSR count). The van der Waals surface area contributed by atoms with Crippen molar-refractivity contribution in [2.45, 2.75) is 31.7 Å². The van der Waals surface area contributed by atoms with E-state index in [2.05, 4.69) is 30.5 Å². The third-order valence-electron chi connectivity index (χ3n) is 4.73. The van der Waals surface area contributed by atoms with E-state index in [4.69, 9.17) is 0 Å². The first kappa shape index (κ1) is 17.3. The van der Waals surface area contributed by atoms with Gasteiger partial charge in [-0.3, -0.25) is 4.98 Å². The molecule has 1 atom stereocenters. The summed E-state index contributed by atoms with van der Waals surface area (Å²) < 4.78 is 13.4. The standard InChI is InChI=1S/C17H20FN7O2/c18-10-4-5-11-12(9-10)21-15(20-11)13-3-1-2-8-25(13)17(27)19-7-6-14-22-16(26)24-23-14/h4-5,9,13H,1-3,6-8H2,(H,19,27)(H,20,21)(H2,22,23,24,26). The number of fused-ring (bicyclic) bond motifs is 1. The van der Waals surface area contributed by atoms with Gasteiger partial charge in [-0.1, -0.05) is 0 Å². The average molecular weight is 373 g/mol. The van der Waals surface area contributed by atoms with Crippen molar-refractivity contribution in [3.05, 3.63) is 46.1 Å².